The highest BCUT2D eigenvalue weighted by Gasteiger charge is 2.00. The van der Waals surface area contributed by atoms with Crippen molar-refractivity contribution < 1.29 is 14.3 Å². The molecule has 0 saturated heterocycles. The van der Waals surface area contributed by atoms with Gasteiger partial charge in [0, 0.05) is 31.9 Å². The second kappa shape index (κ2) is 21.0. The van der Waals surface area contributed by atoms with Crippen molar-refractivity contribution in [2.24, 2.45) is 0 Å². The van der Waals surface area contributed by atoms with E-state index in [-0.39, 0.29) is 5.91 Å². The van der Waals surface area contributed by atoms with Gasteiger partial charge in [0.15, 0.2) is 0 Å². The lowest BCUT2D eigenvalue weighted by Crippen LogP contribution is -2.27. The van der Waals surface area contributed by atoms with Gasteiger partial charge in [0.2, 0.25) is 13.2 Å². The number of carbonyl (C=O) groups excluding carboxylic acids is 1. The van der Waals surface area contributed by atoms with E-state index in [1.807, 2.05) is 18.1 Å². The molecule has 0 aliphatic carbocycles. The Balaban J connectivity index is 3.23. The first-order chi connectivity index (χ1) is 12.7. The van der Waals surface area contributed by atoms with E-state index in [1.165, 1.54) is 0 Å². The molecule has 0 spiro atoms. The van der Waals surface area contributed by atoms with Crippen LogP contribution in [-0.4, -0.2) is 64.3 Å². The maximum atomic E-state index is 11.7. The highest BCUT2D eigenvalue weighted by atomic mass is 33.1. The minimum Gasteiger partial charge on any atom is -0.370 e. The zero-order valence-corrected chi connectivity index (χ0v) is 18.1. The van der Waals surface area contributed by atoms with Gasteiger partial charge in [-0.05, 0) is 19.4 Å². The first-order valence-electron chi connectivity index (χ1n) is 9.35. The lowest BCUT2D eigenvalue weighted by molar-refractivity contribution is -0.121. The number of nitrogens with one attached hydrogen (secondary N) is 2. The zero-order valence-electron chi connectivity index (χ0n) is 16.5. The molecule has 0 aliphatic heterocycles. The third-order valence-electron chi connectivity index (χ3n) is 3.03. The van der Waals surface area contributed by atoms with Gasteiger partial charge < -0.3 is 20.1 Å². The van der Waals surface area contributed by atoms with Gasteiger partial charge in [-0.3, -0.25) is 4.79 Å². The first-order valence-corrected chi connectivity index (χ1v) is 11.8. The van der Waals surface area contributed by atoms with Crippen molar-refractivity contribution in [3.05, 3.63) is 0 Å². The van der Waals surface area contributed by atoms with Gasteiger partial charge in [-0.1, -0.05) is 54.1 Å². The van der Waals surface area contributed by atoms with E-state index in [0.29, 0.717) is 44.5 Å². The number of carbonyl (C=O) groups is 1. The van der Waals surface area contributed by atoms with Gasteiger partial charge in [0.05, 0.1) is 6.61 Å². The minimum absolute atomic E-state index is 0.0705. The fraction of sp³-hybridized carbons (Fsp3) is 0.833. The Morgan fingerprint density at radius 1 is 1.15 bits per heavy atom. The van der Waals surface area contributed by atoms with E-state index < -0.39 is 0 Å². The Morgan fingerprint density at radius 2 is 2.00 bits per heavy atom. The molecule has 0 aromatic heterocycles. The summed E-state index contributed by atoms with van der Waals surface area (Å²) in [4.78, 5) is 11.7. The number of hydrogen-bond acceptors (Lipinski definition) is 6. The van der Waals surface area contributed by atoms with Crippen LogP contribution in [0.2, 0.25) is 5.82 Å². The standard InChI is InChI=1S/C18H34BN2O3S2/c1-4-20-11-15-25-26-16-24-12-6-5-8-18(22)21-10-14-23-13-7-9-19-17(2)3/h17,20H,4-6,8,10-16H2,1-3H3,(H,21,22). The molecule has 149 valence electrons. The van der Waals surface area contributed by atoms with Crippen molar-refractivity contribution in [2.75, 3.05) is 51.1 Å². The summed E-state index contributed by atoms with van der Waals surface area (Å²) in [5, 5.41) is 6.14. The van der Waals surface area contributed by atoms with Crippen LogP contribution in [0.4, 0.5) is 0 Å². The summed E-state index contributed by atoms with van der Waals surface area (Å²) in [6, 6.07) is 0. The molecule has 0 aromatic carbocycles. The topological polar surface area (TPSA) is 59.6 Å². The number of amides is 1. The molecule has 0 aromatic rings. The van der Waals surface area contributed by atoms with Gasteiger partial charge in [0.1, 0.15) is 12.5 Å². The maximum Gasteiger partial charge on any atom is 0.220 e. The predicted molar refractivity (Wildman–Crippen MR) is 116 cm³/mol. The quantitative estimate of drug-likeness (QED) is 0.129. The van der Waals surface area contributed by atoms with Crippen LogP contribution in [0.25, 0.3) is 0 Å². The lowest BCUT2D eigenvalue weighted by atomic mass is 9.67. The molecule has 0 aliphatic rings. The molecule has 2 N–H and O–H groups in total. The summed E-state index contributed by atoms with van der Waals surface area (Å²) < 4.78 is 10.9. The number of hydrogen-bond donors (Lipinski definition) is 2. The van der Waals surface area contributed by atoms with Crippen molar-refractivity contribution in [3.63, 3.8) is 0 Å². The zero-order chi connectivity index (χ0) is 19.3. The molecule has 8 heteroatoms. The molecule has 0 fully saturated rings. The second-order valence-corrected chi connectivity index (χ2v) is 8.44. The summed E-state index contributed by atoms with van der Waals surface area (Å²) in [6.07, 6.45) is 2.30. The number of unbranched alkanes of at least 4 members (excludes halogenated alkanes) is 1. The Bertz CT molecular complexity index is 390. The third kappa shape index (κ3) is 21.7. The summed E-state index contributed by atoms with van der Waals surface area (Å²) in [5.74, 6) is 8.20. The van der Waals surface area contributed by atoms with Crippen molar-refractivity contribution in [3.8, 4) is 11.7 Å². The van der Waals surface area contributed by atoms with Crippen LogP contribution in [-0.2, 0) is 14.3 Å². The highest BCUT2D eigenvalue weighted by molar-refractivity contribution is 8.76. The van der Waals surface area contributed by atoms with Crippen molar-refractivity contribution in [1.29, 1.82) is 0 Å². The van der Waals surface area contributed by atoms with Gasteiger partial charge in [-0.25, -0.2) is 0 Å². The minimum atomic E-state index is 0.0705. The molecule has 0 bridgehead atoms. The molecule has 0 saturated carbocycles. The van der Waals surface area contributed by atoms with Gasteiger partial charge in [0.25, 0.3) is 0 Å². The Hall–Kier alpha value is -0.325. The molecule has 0 unspecified atom stereocenters. The van der Waals surface area contributed by atoms with E-state index >= 15 is 0 Å². The Kier molecular flexibility index (Phi) is 20.7. The Labute approximate surface area is 168 Å². The smallest absolute Gasteiger partial charge is 0.220 e. The lowest BCUT2D eigenvalue weighted by Gasteiger charge is -2.06. The van der Waals surface area contributed by atoms with Crippen LogP contribution >= 0.6 is 21.6 Å². The molecule has 1 radical (unpaired) electrons. The average Bonchev–Trinajstić information content (AvgIpc) is 2.61. The largest absolute Gasteiger partial charge is 0.370 e. The molecule has 0 rings (SSSR count). The van der Waals surface area contributed by atoms with Crippen molar-refractivity contribution in [2.45, 2.75) is 45.9 Å². The molecule has 0 atom stereocenters. The van der Waals surface area contributed by atoms with Crippen molar-refractivity contribution >= 4 is 34.8 Å². The molecule has 5 nitrogen and oxygen atoms in total. The number of rotatable bonds is 17. The fourth-order valence-electron chi connectivity index (χ4n) is 1.71. The van der Waals surface area contributed by atoms with E-state index in [1.54, 1.807) is 10.8 Å². The van der Waals surface area contributed by atoms with Crippen LogP contribution < -0.4 is 10.6 Å². The summed E-state index contributed by atoms with van der Waals surface area (Å²) in [7, 11) is 5.50. The molecular formula is C18H34BN2O3S2. The Morgan fingerprint density at radius 3 is 2.77 bits per heavy atom. The van der Waals surface area contributed by atoms with Crippen molar-refractivity contribution in [1.82, 2.24) is 10.6 Å². The normalized spacial score (nSPS) is 10.5. The first kappa shape index (κ1) is 25.7. The van der Waals surface area contributed by atoms with E-state index in [4.69, 9.17) is 9.47 Å². The monoisotopic (exact) mass is 401 g/mol. The fourth-order valence-corrected chi connectivity index (χ4v) is 3.32. The molecule has 26 heavy (non-hydrogen) atoms. The number of ether oxygens (including phenoxy) is 2. The van der Waals surface area contributed by atoms with Crippen LogP contribution in [0.5, 0.6) is 0 Å². The maximum absolute atomic E-state index is 11.7. The second-order valence-electron chi connectivity index (χ2n) is 5.91. The summed E-state index contributed by atoms with van der Waals surface area (Å²) in [6.45, 7) is 10.5. The van der Waals surface area contributed by atoms with E-state index in [2.05, 4.69) is 43.1 Å². The summed E-state index contributed by atoms with van der Waals surface area (Å²) in [5.41, 5.74) is 0. The van der Waals surface area contributed by atoms with Gasteiger partial charge in [-0.2, -0.15) is 5.82 Å². The van der Waals surface area contributed by atoms with Gasteiger partial charge in [-0.15, -0.1) is 0 Å². The SMILES string of the molecule is CCNCCSSCOCCCCC(=O)NCCOCC#C[B]C(C)C. The molecule has 0 heterocycles. The van der Waals surface area contributed by atoms with E-state index in [0.717, 1.165) is 31.7 Å². The summed E-state index contributed by atoms with van der Waals surface area (Å²) >= 11 is 0. The van der Waals surface area contributed by atoms with Crippen LogP contribution in [0.15, 0.2) is 0 Å². The van der Waals surface area contributed by atoms with Crippen LogP contribution in [0, 0.1) is 11.7 Å². The molecular weight excluding hydrogens is 367 g/mol. The van der Waals surface area contributed by atoms with Crippen LogP contribution in [0.1, 0.15) is 40.0 Å². The third-order valence-corrected chi connectivity index (χ3v) is 5.12. The highest BCUT2D eigenvalue weighted by Crippen LogP contribution is 2.20. The average molecular weight is 401 g/mol. The van der Waals surface area contributed by atoms with E-state index in [9.17, 15) is 4.79 Å². The van der Waals surface area contributed by atoms with Gasteiger partial charge >= 0.3 is 0 Å². The molecule has 1 amide bonds. The van der Waals surface area contributed by atoms with Crippen LogP contribution in [0.3, 0.4) is 0 Å². The predicted octanol–water partition coefficient (Wildman–Crippen LogP) is 2.75.